The Morgan fingerprint density at radius 2 is 1.64 bits per heavy atom. The molecular formula is C20H28FNO6. The maximum absolute atomic E-state index is 13.1. The zero-order valence-electron chi connectivity index (χ0n) is 16.6. The van der Waals surface area contributed by atoms with Gasteiger partial charge in [0.25, 0.3) is 6.29 Å². The Hall–Kier alpha value is -2.64. The lowest BCUT2D eigenvalue weighted by atomic mass is 9.96. The van der Waals surface area contributed by atoms with Gasteiger partial charge in [-0.25, -0.2) is 9.18 Å². The van der Waals surface area contributed by atoms with Crippen molar-refractivity contribution in [2.75, 3.05) is 6.54 Å². The Morgan fingerprint density at radius 3 is 2.14 bits per heavy atom. The topological polar surface area (TPSA) is 102 Å². The number of rotatable bonds is 10. The number of hydrogen-bond acceptors (Lipinski definition) is 5. The lowest BCUT2D eigenvalue weighted by Gasteiger charge is -2.23. The molecule has 28 heavy (non-hydrogen) atoms. The van der Waals surface area contributed by atoms with Crippen molar-refractivity contribution in [2.45, 2.75) is 52.7 Å². The Morgan fingerprint density at radius 1 is 1.04 bits per heavy atom. The molecule has 8 heteroatoms. The van der Waals surface area contributed by atoms with E-state index >= 15 is 0 Å². The summed E-state index contributed by atoms with van der Waals surface area (Å²) >= 11 is 0. The van der Waals surface area contributed by atoms with Crippen LogP contribution in [0, 0.1) is 17.7 Å². The summed E-state index contributed by atoms with van der Waals surface area (Å²) in [6.07, 6.45) is -1.91. The molecule has 0 bridgehead atoms. The maximum atomic E-state index is 13.1. The molecule has 7 nitrogen and oxygen atoms in total. The second-order valence-corrected chi connectivity index (χ2v) is 7.33. The number of alkyl carbamates (subject to hydrolysis) is 1. The van der Waals surface area contributed by atoms with E-state index in [0.717, 1.165) is 0 Å². The largest absolute Gasteiger partial charge is 0.481 e. The molecule has 0 radical (unpaired) electrons. The number of carbonyl (C=O) groups excluding carboxylic acids is 2. The zero-order valence-corrected chi connectivity index (χ0v) is 16.6. The van der Waals surface area contributed by atoms with Crippen LogP contribution in [-0.4, -0.2) is 36.0 Å². The second kappa shape index (κ2) is 11.3. The monoisotopic (exact) mass is 397 g/mol. The van der Waals surface area contributed by atoms with E-state index in [4.69, 9.17) is 14.6 Å². The van der Waals surface area contributed by atoms with E-state index in [9.17, 15) is 18.8 Å². The van der Waals surface area contributed by atoms with Crippen molar-refractivity contribution >= 4 is 18.0 Å². The minimum absolute atomic E-state index is 0.0263. The molecule has 0 spiro atoms. The van der Waals surface area contributed by atoms with Gasteiger partial charge in [-0.3, -0.25) is 9.59 Å². The molecule has 0 unspecified atom stereocenters. The third-order valence-electron chi connectivity index (χ3n) is 3.85. The lowest BCUT2D eigenvalue weighted by Crippen LogP contribution is -2.36. The molecule has 0 fully saturated rings. The fourth-order valence-corrected chi connectivity index (χ4v) is 2.41. The molecular weight excluding hydrogens is 369 g/mol. The number of carboxylic acid groups (broad SMARTS) is 1. The number of carbonyl (C=O) groups is 3. The van der Waals surface area contributed by atoms with Crippen molar-refractivity contribution < 1.29 is 33.4 Å². The normalized spacial score (nSPS) is 13.1. The Balaban J connectivity index is 2.67. The standard InChI is InChI=1S/C20H28FNO6/c1-12(2)9-18(25)27-19(13(3)4)28-20(26)22-11-15(10-17(23)24)14-5-7-16(21)8-6-14/h5-8,12-13,15,19H,9-11H2,1-4H3,(H,22,26)(H,23,24)/t15-,19-/m0/s1. The van der Waals surface area contributed by atoms with Crippen LogP contribution in [0.1, 0.15) is 52.0 Å². The summed E-state index contributed by atoms with van der Waals surface area (Å²) in [4.78, 5) is 35.0. The molecule has 1 rings (SSSR count). The highest BCUT2D eigenvalue weighted by Crippen LogP contribution is 2.20. The molecule has 156 valence electrons. The van der Waals surface area contributed by atoms with Gasteiger partial charge in [0.05, 0.1) is 6.42 Å². The van der Waals surface area contributed by atoms with Gasteiger partial charge >= 0.3 is 18.0 Å². The van der Waals surface area contributed by atoms with Gasteiger partial charge in [-0.1, -0.05) is 39.8 Å². The van der Waals surface area contributed by atoms with E-state index in [2.05, 4.69) is 5.32 Å². The highest BCUT2D eigenvalue weighted by Gasteiger charge is 2.24. The summed E-state index contributed by atoms with van der Waals surface area (Å²) < 4.78 is 23.5. The molecule has 2 N–H and O–H groups in total. The van der Waals surface area contributed by atoms with Crippen LogP contribution >= 0.6 is 0 Å². The van der Waals surface area contributed by atoms with Crippen molar-refractivity contribution in [3.63, 3.8) is 0 Å². The fourth-order valence-electron chi connectivity index (χ4n) is 2.41. The number of aliphatic carboxylic acids is 1. The van der Waals surface area contributed by atoms with Gasteiger partial charge in [0.15, 0.2) is 0 Å². The molecule has 0 saturated heterocycles. The molecule has 2 atom stereocenters. The number of esters is 1. The predicted molar refractivity (Wildman–Crippen MR) is 100 cm³/mol. The zero-order chi connectivity index (χ0) is 21.3. The molecule has 1 aromatic carbocycles. The molecule has 0 aliphatic heterocycles. The summed E-state index contributed by atoms with van der Waals surface area (Å²) in [7, 11) is 0. The minimum Gasteiger partial charge on any atom is -0.481 e. The first-order chi connectivity index (χ1) is 13.1. The second-order valence-electron chi connectivity index (χ2n) is 7.33. The predicted octanol–water partition coefficient (Wildman–Crippen LogP) is 3.68. The van der Waals surface area contributed by atoms with Gasteiger partial charge in [-0.15, -0.1) is 0 Å². The quantitative estimate of drug-likeness (QED) is 0.461. The van der Waals surface area contributed by atoms with Gasteiger partial charge in [0, 0.05) is 24.8 Å². The molecule has 0 aromatic heterocycles. The molecule has 0 heterocycles. The molecule has 0 saturated carbocycles. The smallest absolute Gasteiger partial charge is 0.410 e. The minimum atomic E-state index is -1.05. The van der Waals surface area contributed by atoms with Crippen LogP contribution in [-0.2, 0) is 19.1 Å². The number of nitrogens with one attached hydrogen (secondary N) is 1. The van der Waals surface area contributed by atoms with Crippen molar-refractivity contribution in [2.24, 2.45) is 11.8 Å². The van der Waals surface area contributed by atoms with Crippen LogP contribution in [0.15, 0.2) is 24.3 Å². The Bertz CT molecular complexity index is 659. The fraction of sp³-hybridized carbons (Fsp3) is 0.550. The van der Waals surface area contributed by atoms with Crippen molar-refractivity contribution in [1.29, 1.82) is 0 Å². The van der Waals surface area contributed by atoms with Gasteiger partial charge in [0.2, 0.25) is 0 Å². The summed E-state index contributed by atoms with van der Waals surface area (Å²) in [5, 5.41) is 11.6. The third kappa shape index (κ3) is 8.83. The van der Waals surface area contributed by atoms with Crippen molar-refractivity contribution in [1.82, 2.24) is 5.32 Å². The molecule has 1 amide bonds. The summed E-state index contributed by atoms with van der Waals surface area (Å²) in [5.41, 5.74) is 0.577. The van der Waals surface area contributed by atoms with Crippen LogP contribution in [0.2, 0.25) is 0 Å². The molecule has 0 aliphatic carbocycles. The Kier molecular flexibility index (Phi) is 9.41. The van der Waals surface area contributed by atoms with Gasteiger partial charge in [-0.2, -0.15) is 0 Å². The van der Waals surface area contributed by atoms with Crippen molar-refractivity contribution in [3.8, 4) is 0 Å². The number of halogens is 1. The average Bonchev–Trinajstić information content (AvgIpc) is 2.57. The van der Waals surface area contributed by atoms with E-state index in [0.29, 0.717) is 5.56 Å². The first kappa shape index (κ1) is 23.4. The van der Waals surface area contributed by atoms with Crippen LogP contribution in [0.3, 0.4) is 0 Å². The van der Waals surface area contributed by atoms with Crippen LogP contribution < -0.4 is 5.32 Å². The number of hydrogen-bond donors (Lipinski definition) is 2. The first-order valence-electron chi connectivity index (χ1n) is 9.19. The SMILES string of the molecule is CC(C)CC(=O)O[C@@H](OC(=O)NC[C@H](CC(=O)O)c1ccc(F)cc1)C(C)C. The van der Waals surface area contributed by atoms with E-state index in [1.54, 1.807) is 13.8 Å². The summed E-state index contributed by atoms with van der Waals surface area (Å²) in [6, 6.07) is 5.40. The first-order valence-corrected chi connectivity index (χ1v) is 9.19. The number of amides is 1. The van der Waals surface area contributed by atoms with Crippen LogP contribution in [0.4, 0.5) is 9.18 Å². The third-order valence-corrected chi connectivity index (χ3v) is 3.85. The van der Waals surface area contributed by atoms with Crippen molar-refractivity contribution in [3.05, 3.63) is 35.6 Å². The van der Waals surface area contributed by atoms with Crippen LogP contribution in [0.5, 0.6) is 0 Å². The van der Waals surface area contributed by atoms with Crippen LogP contribution in [0.25, 0.3) is 0 Å². The summed E-state index contributed by atoms with van der Waals surface area (Å²) in [5.74, 6) is -2.65. The van der Waals surface area contributed by atoms with Gasteiger partial charge < -0.3 is 19.9 Å². The summed E-state index contributed by atoms with van der Waals surface area (Å²) in [6.45, 7) is 7.20. The highest BCUT2D eigenvalue weighted by atomic mass is 19.1. The van der Waals surface area contributed by atoms with E-state index in [1.165, 1.54) is 24.3 Å². The highest BCUT2D eigenvalue weighted by molar-refractivity contribution is 5.71. The molecule has 1 aromatic rings. The maximum Gasteiger partial charge on any atom is 0.410 e. The Labute approximate surface area is 164 Å². The van der Waals surface area contributed by atoms with E-state index in [1.807, 2.05) is 13.8 Å². The van der Waals surface area contributed by atoms with Gasteiger partial charge in [0.1, 0.15) is 5.82 Å². The number of carboxylic acids is 1. The van der Waals surface area contributed by atoms with E-state index < -0.39 is 36.1 Å². The average molecular weight is 397 g/mol. The lowest BCUT2D eigenvalue weighted by molar-refractivity contribution is -0.175. The number of benzene rings is 1. The molecule has 0 aliphatic rings. The van der Waals surface area contributed by atoms with Gasteiger partial charge in [-0.05, 0) is 23.6 Å². The number of ether oxygens (including phenoxy) is 2. The van der Waals surface area contributed by atoms with E-state index in [-0.39, 0.29) is 31.2 Å².